The highest BCUT2D eigenvalue weighted by molar-refractivity contribution is 5.89. The molecule has 1 unspecified atom stereocenters. The summed E-state index contributed by atoms with van der Waals surface area (Å²) in [6, 6.07) is 3.45. The second-order valence-corrected chi connectivity index (χ2v) is 4.16. The zero-order valence-corrected chi connectivity index (χ0v) is 10.4. The fourth-order valence-corrected chi connectivity index (χ4v) is 1.56. The molecule has 1 atom stereocenters. The number of pyridine rings is 1. The predicted molar refractivity (Wildman–Crippen MR) is 60.8 cm³/mol. The van der Waals surface area contributed by atoms with Gasteiger partial charge in [0.15, 0.2) is 5.82 Å². The van der Waals surface area contributed by atoms with Gasteiger partial charge in [-0.3, -0.25) is 9.78 Å². The molecule has 0 aliphatic rings. The Hall–Kier alpha value is -2.25. The number of nitrogens with zero attached hydrogens (tertiary/aromatic N) is 3. The van der Waals surface area contributed by atoms with E-state index in [1.807, 2.05) is 0 Å². The quantitative estimate of drug-likeness (QED) is 0.862. The second kappa shape index (κ2) is 5.40. The fraction of sp³-hybridized carbons (Fsp3) is 0.333. The van der Waals surface area contributed by atoms with Gasteiger partial charge in [0, 0.05) is 18.8 Å². The van der Waals surface area contributed by atoms with Crippen molar-refractivity contribution < 1.29 is 22.5 Å². The monoisotopic (exact) mass is 285 g/mol. The first-order valence-electron chi connectivity index (χ1n) is 5.70. The number of carbonyl (C=O) groups excluding carboxylic acids is 1. The Labute approximate surface area is 111 Å². The summed E-state index contributed by atoms with van der Waals surface area (Å²) >= 11 is 0. The van der Waals surface area contributed by atoms with Gasteiger partial charge in [-0.05, 0) is 24.6 Å². The van der Waals surface area contributed by atoms with E-state index in [4.69, 9.17) is 4.52 Å². The van der Waals surface area contributed by atoms with Crippen LogP contribution in [0.3, 0.4) is 0 Å². The molecule has 2 aromatic heterocycles. The van der Waals surface area contributed by atoms with Crippen LogP contribution in [0.1, 0.15) is 30.1 Å². The molecule has 0 N–H and O–H groups in total. The summed E-state index contributed by atoms with van der Waals surface area (Å²) in [7, 11) is 0. The Morgan fingerprint density at radius 2 is 2.00 bits per heavy atom. The average molecular weight is 285 g/mol. The van der Waals surface area contributed by atoms with Gasteiger partial charge in [-0.1, -0.05) is 5.16 Å². The number of aromatic nitrogens is 3. The van der Waals surface area contributed by atoms with Gasteiger partial charge in [0.2, 0.25) is 11.7 Å². The van der Waals surface area contributed by atoms with Gasteiger partial charge in [0.1, 0.15) is 5.92 Å². The summed E-state index contributed by atoms with van der Waals surface area (Å²) in [5, 5.41) is 3.57. The zero-order chi connectivity index (χ0) is 14.8. The molecule has 5 nitrogen and oxygen atoms in total. The molecule has 2 rings (SSSR count). The number of hydrogen-bond donors (Lipinski definition) is 0. The Kier molecular flexibility index (Phi) is 3.82. The smallest absolute Gasteiger partial charge is 0.339 e. The van der Waals surface area contributed by atoms with Gasteiger partial charge in [0.25, 0.3) is 0 Å². The van der Waals surface area contributed by atoms with Crippen LogP contribution in [0.2, 0.25) is 0 Å². The maximum absolute atomic E-state index is 12.3. The third kappa shape index (κ3) is 3.19. The van der Waals surface area contributed by atoms with Gasteiger partial charge in [-0.25, -0.2) is 0 Å². The number of hydrogen-bond acceptors (Lipinski definition) is 5. The summed E-state index contributed by atoms with van der Waals surface area (Å²) in [4.78, 5) is 18.7. The van der Waals surface area contributed by atoms with E-state index in [1.54, 1.807) is 24.5 Å². The highest BCUT2D eigenvalue weighted by Crippen LogP contribution is 2.26. The molecule has 20 heavy (non-hydrogen) atoms. The lowest BCUT2D eigenvalue weighted by Gasteiger charge is -2.08. The van der Waals surface area contributed by atoms with Crippen molar-refractivity contribution >= 4 is 5.78 Å². The van der Waals surface area contributed by atoms with Gasteiger partial charge in [0.05, 0.1) is 0 Å². The number of rotatable bonds is 4. The molecule has 0 aliphatic carbocycles. The van der Waals surface area contributed by atoms with E-state index >= 15 is 0 Å². The van der Waals surface area contributed by atoms with E-state index in [0.717, 1.165) is 12.5 Å². The minimum atomic E-state index is -4.92. The molecular weight excluding hydrogens is 275 g/mol. The first-order chi connectivity index (χ1) is 9.38. The topological polar surface area (TPSA) is 68.9 Å². The standard InChI is InChI=1S/C12H10F3N3O2/c1-7(10(19)12(13,14)15)11-17-9(18-20-11)6-8-2-4-16-5-3-8/h2-5,7H,6H2,1H3. The third-order valence-electron chi connectivity index (χ3n) is 2.64. The van der Waals surface area contributed by atoms with Crippen LogP contribution in [-0.4, -0.2) is 27.1 Å². The first kappa shape index (κ1) is 14.2. The SMILES string of the molecule is CC(C(=O)C(F)(F)F)c1nc(Cc2ccncc2)no1. The van der Waals surface area contributed by atoms with Gasteiger partial charge in [-0.2, -0.15) is 18.2 Å². The number of halogens is 3. The highest BCUT2D eigenvalue weighted by atomic mass is 19.4. The van der Waals surface area contributed by atoms with Crippen LogP contribution in [0.4, 0.5) is 13.2 Å². The first-order valence-corrected chi connectivity index (χ1v) is 5.70. The molecular formula is C12H10F3N3O2. The van der Waals surface area contributed by atoms with Gasteiger partial charge >= 0.3 is 6.18 Å². The molecule has 0 saturated heterocycles. The molecule has 0 aromatic carbocycles. The van der Waals surface area contributed by atoms with E-state index in [9.17, 15) is 18.0 Å². The normalized spacial score (nSPS) is 13.2. The van der Waals surface area contributed by atoms with Crippen LogP contribution in [0.15, 0.2) is 29.0 Å². The summed E-state index contributed by atoms with van der Waals surface area (Å²) in [5.74, 6) is -3.53. The lowest BCUT2D eigenvalue weighted by Crippen LogP contribution is -2.27. The number of Topliss-reactive ketones (excluding diaryl/α,β-unsaturated/α-hetero) is 1. The predicted octanol–water partition coefficient (Wildman–Crippen LogP) is 2.29. The van der Waals surface area contributed by atoms with Crippen molar-refractivity contribution in [3.8, 4) is 0 Å². The van der Waals surface area contributed by atoms with Crippen LogP contribution < -0.4 is 0 Å². The molecule has 106 valence electrons. The van der Waals surface area contributed by atoms with Crippen molar-refractivity contribution in [2.24, 2.45) is 0 Å². The van der Waals surface area contributed by atoms with Crippen LogP contribution >= 0.6 is 0 Å². The van der Waals surface area contributed by atoms with Crippen molar-refractivity contribution in [3.63, 3.8) is 0 Å². The Balaban J connectivity index is 2.11. The van der Waals surface area contributed by atoms with Crippen LogP contribution in [0.25, 0.3) is 0 Å². The van der Waals surface area contributed by atoms with Crippen LogP contribution in [0, 0.1) is 0 Å². The summed E-state index contributed by atoms with van der Waals surface area (Å²) < 4.78 is 41.6. The molecule has 8 heteroatoms. The maximum Gasteiger partial charge on any atom is 0.450 e. The van der Waals surface area contributed by atoms with Crippen molar-refractivity contribution in [3.05, 3.63) is 41.8 Å². The maximum atomic E-state index is 12.3. The zero-order valence-electron chi connectivity index (χ0n) is 10.4. The van der Waals surface area contributed by atoms with E-state index < -0.39 is 17.9 Å². The lowest BCUT2D eigenvalue weighted by molar-refractivity contribution is -0.172. The van der Waals surface area contributed by atoms with Crippen molar-refractivity contribution in [2.75, 3.05) is 0 Å². The Morgan fingerprint density at radius 1 is 1.35 bits per heavy atom. The molecule has 2 heterocycles. The van der Waals surface area contributed by atoms with Crippen LogP contribution in [0.5, 0.6) is 0 Å². The van der Waals surface area contributed by atoms with Crippen molar-refractivity contribution in [1.29, 1.82) is 0 Å². The number of alkyl halides is 3. The van der Waals surface area contributed by atoms with E-state index in [-0.39, 0.29) is 11.7 Å². The van der Waals surface area contributed by atoms with E-state index in [2.05, 4.69) is 15.1 Å². The summed E-state index contributed by atoms with van der Waals surface area (Å²) in [6.07, 6.45) is -1.48. The molecule has 0 bridgehead atoms. The molecule has 0 saturated carbocycles. The van der Waals surface area contributed by atoms with Gasteiger partial charge in [-0.15, -0.1) is 0 Å². The summed E-state index contributed by atoms with van der Waals surface area (Å²) in [5.41, 5.74) is 0.835. The van der Waals surface area contributed by atoms with E-state index in [1.165, 1.54) is 0 Å². The lowest BCUT2D eigenvalue weighted by atomic mass is 10.1. The number of ketones is 1. The minimum Gasteiger partial charge on any atom is -0.339 e. The Bertz CT molecular complexity index is 595. The molecule has 2 aromatic rings. The van der Waals surface area contributed by atoms with Gasteiger partial charge < -0.3 is 4.52 Å². The average Bonchev–Trinajstić information content (AvgIpc) is 2.85. The van der Waals surface area contributed by atoms with Crippen molar-refractivity contribution in [1.82, 2.24) is 15.1 Å². The molecule has 0 amide bonds. The fourth-order valence-electron chi connectivity index (χ4n) is 1.56. The molecule has 0 radical (unpaired) electrons. The summed E-state index contributed by atoms with van der Waals surface area (Å²) in [6.45, 7) is 1.08. The largest absolute Gasteiger partial charge is 0.450 e. The highest BCUT2D eigenvalue weighted by Gasteiger charge is 2.43. The Morgan fingerprint density at radius 3 is 2.60 bits per heavy atom. The molecule has 0 aliphatic heterocycles. The number of carbonyl (C=O) groups is 1. The van der Waals surface area contributed by atoms with Crippen molar-refractivity contribution in [2.45, 2.75) is 25.4 Å². The minimum absolute atomic E-state index is 0.216. The molecule has 0 spiro atoms. The van der Waals surface area contributed by atoms with Crippen LogP contribution in [-0.2, 0) is 11.2 Å². The molecule has 0 fully saturated rings. The second-order valence-electron chi connectivity index (χ2n) is 4.16. The van der Waals surface area contributed by atoms with E-state index in [0.29, 0.717) is 6.42 Å². The third-order valence-corrected chi connectivity index (χ3v) is 2.64.